The number of carbonyl (C=O) groups is 3. The van der Waals surface area contributed by atoms with Gasteiger partial charge in [-0.25, -0.2) is 4.68 Å². The molecule has 0 aliphatic carbocycles. The van der Waals surface area contributed by atoms with Crippen molar-refractivity contribution < 1.29 is 23.5 Å². The van der Waals surface area contributed by atoms with Crippen molar-refractivity contribution in [2.24, 2.45) is 5.92 Å². The van der Waals surface area contributed by atoms with Crippen LogP contribution in [0.1, 0.15) is 39.0 Å². The van der Waals surface area contributed by atoms with Crippen molar-refractivity contribution in [3.05, 3.63) is 36.4 Å². The summed E-state index contributed by atoms with van der Waals surface area (Å²) in [5, 5.41) is 6.85. The smallest absolute Gasteiger partial charge is 0.312 e. The number of aromatic nitrogens is 2. The van der Waals surface area contributed by atoms with E-state index in [1.165, 1.54) is 13.2 Å². The fourth-order valence-electron chi connectivity index (χ4n) is 3.05. The maximum Gasteiger partial charge on any atom is 0.312 e. The van der Waals surface area contributed by atoms with Gasteiger partial charge in [-0.15, -0.1) is 0 Å². The van der Waals surface area contributed by atoms with Crippen LogP contribution in [0.15, 0.2) is 35.1 Å². The molecular formula is C19H24N4O5. The maximum atomic E-state index is 12.4. The summed E-state index contributed by atoms with van der Waals surface area (Å²) in [4.78, 5) is 38.5. The molecule has 1 N–H and O–H groups in total. The highest BCUT2D eigenvalue weighted by Gasteiger charge is 2.37. The lowest BCUT2D eigenvalue weighted by Crippen LogP contribution is -2.33. The summed E-state index contributed by atoms with van der Waals surface area (Å²) in [6, 6.07) is 5.27. The van der Waals surface area contributed by atoms with Gasteiger partial charge in [0.25, 0.3) is 5.91 Å². The third-order valence-corrected chi connectivity index (χ3v) is 4.55. The SMILES string of the molecule is CC(C)n1nccc1NC(=O)[C@@H](C)OC(=O)[C@H]1CC(=O)N(Cc2ccco2)C1. The average molecular weight is 388 g/mol. The average Bonchev–Trinajstić information content (AvgIpc) is 3.37. The van der Waals surface area contributed by atoms with E-state index in [2.05, 4.69) is 10.4 Å². The number of ether oxygens (including phenoxy) is 1. The van der Waals surface area contributed by atoms with E-state index in [0.717, 1.165) is 0 Å². The Morgan fingerprint density at radius 3 is 2.82 bits per heavy atom. The van der Waals surface area contributed by atoms with Crippen LogP contribution < -0.4 is 5.32 Å². The Labute approximate surface area is 162 Å². The van der Waals surface area contributed by atoms with E-state index >= 15 is 0 Å². The monoisotopic (exact) mass is 388 g/mol. The fourth-order valence-corrected chi connectivity index (χ4v) is 3.05. The molecule has 0 aromatic carbocycles. The van der Waals surface area contributed by atoms with Gasteiger partial charge in [-0.05, 0) is 32.9 Å². The first-order valence-corrected chi connectivity index (χ1v) is 9.20. The molecule has 2 atom stereocenters. The van der Waals surface area contributed by atoms with Crippen molar-refractivity contribution in [2.75, 3.05) is 11.9 Å². The number of likely N-dealkylation sites (tertiary alicyclic amines) is 1. The Morgan fingerprint density at radius 1 is 1.36 bits per heavy atom. The van der Waals surface area contributed by atoms with Crippen molar-refractivity contribution in [3.8, 4) is 0 Å². The van der Waals surface area contributed by atoms with Crippen LogP contribution in [0.4, 0.5) is 5.82 Å². The lowest BCUT2D eigenvalue weighted by Gasteiger charge is -2.18. The molecule has 2 amide bonds. The zero-order chi connectivity index (χ0) is 20.3. The standard InChI is InChI=1S/C19H24N4O5/c1-12(2)23-16(6-7-20-23)21-18(25)13(3)28-19(26)14-9-17(24)22(10-14)11-15-5-4-8-27-15/h4-8,12-14H,9-11H2,1-3H3,(H,21,25)/t13-,14+/m1/s1. The predicted molar refractivity (Wildman–Crippen MR) is 99.0 cm³/mol. The van der Waals surface area contributed by atoms with Gasteiger partial charge in [-0.3, -0.25) is 14.4 Å². The van der Waals surface area contributed by atoms with Crippen LogP contribution in [0, 0.1) is 5.92 Å². The lowest BCUT2D eigenvalue weighted by molar-refractivity contribution is -0.157. The van der Waals surface area contributed by atoms with Gasteiger partial charge >= 0.3 is 5.97 Å². The van der Waals surface area contributed by atoms with Gasteiger partial charge in [-0.2, -0.15) is 5.10 Å². The number of nitrogens with one attached hydrogen (secondary N) is 1. The van der Waals surface area contributed by atoms with Crippen molar-refractivity contribution in [1.29, 1.82) is 0 Å². The largest absolute Gasteiger partial charge is 0.467 e. The van der Waals surface area contributed by atoms with Crippen LogP contribution in [0.2, 0.25) is 0 Å². The summed E-state index contributed by atoms with van der Waals surface area (Å²) in [5.41, 5.74) is 0. The number of rotatable bonds is 7. The minimum atomic E-state index is -0.989. The zero-order valence-electron chi connectivity index (χ0n) is 16.1. The van der Waals surface area contributed by atoms with Crippen molar-refractivity contribution in [2.45, 2.75) is 45.9 Å². The van der Waals surface area contributed by atoms with Crippen LogP contribution in [0.25, 0.3) is 0 Å². The fraction of sp³-hybridized carbons (Fsp3) is 0.474. The summed E-state index contributed by atoms with van der Waals surface area (Å²) in [6.45, 7) is 5.94. The first-order chi connectivity index (χ1) is 13.3. The van der Waals surface area contributed by atoms with Crippen molar-refractivity contribution in [1.82, 2.24) is 14.7 Å². The number of carbonyl (C=O) groups excluding carboxylic acids is 3. The number of esters is 1. The van der Waals surface area contributed by atoms with Gasteiger partial charge in [0.15, 0.2) is 6.10 Å². The summed E-state index contributed by atoms with van der Waals surface area (Å²) in [5.74, 6) is -0.571. The Balaban J connectivity index is 1.53. The van der Waals surface area contributed by atoms with E-state index in [1.54, 1.807) is 34.0 Å². The van der Waals surface area contributed by atoms with Gasteiger partial charge in [0.2, 0.25) is 5.91 Å². The highest BCUT2D eigenvalue weighted by molar-refractivity contribution is 5.95. The molecule has 1 aliphatic heterocycles. The topological polar surface area (TPSA) is 107 Å². The lowest BCUT2D eigenvalue weighted by atomic mass is 10.1. The number of hydrogen-bond donors (Lipinski definition) is 1. The second-order valence-corrected chi connectivity index (χ2v) is 7.08. The molecule has 2 aromatic heterocycles. The van der Waals surface area contributed by atoms with E-state index in [0.29, 0.717) is 18.1 Å². The Bertz CT molecular complexity index is 842. The summed E-state index contributed by atoms with van der Waals surface area (Å²) >= 11 is 0. The molecule has 9 nitrogen and oxygen atoms in total. The van der Waals surface area contributed by atoms with E-state index in [1.807, 2.05) is 13.8 Å². The van der Waals surface area contributed by atoms with Gasteiger partial charge < -0.3 is 19.4 Å². The highest BCUT2D eigenvalue weighted by Crippen LogP contribution is 2.22. The quantitative estimate of drug-likeness (QED) is 0.727. The number of hydrogen-bond acceptors (Lipinski definition) is 6. The molecule has 0 radical (unpaired) electrons. The Hall–Kier alpha value is -3.10. The Morgan fingerprint density at radius 2 is 2.14 bits per heavy atom. The molecule has 9 heteroatoms. The molecule has 0 unspecified atom stereocenters. The molecule has 1 saturated heterocycles. The van der Waals surface area contributed by atoms with Crippen LogP contribution in [-0.2, 0) is 25.7 Å². The van der Waals surface area contributed by atoms with Gasteiger partial charge in [-0.1, -0.05) is 0 Å². The number of amides is 2. The third kappa shape index (κ3) is 4.41. The van der Waals surface area contributed by atoms with E-state index in [9.17, 15) is 14.4 Å². The van der Waals surface area contributed by atoms with Gasteiger partial charge in [0.1, 0.15) is 11.6 Å². The summed E-state index contributed by atoms with van der Waals surface area (Å²) in [7, 11) is 0. The minimum Gasteiger partial charge on any atom is -0.467 e. The second-order valence-electron chi connectivity index (χ2n) is 7.08. The molecule has 0 saturated carbocycles. The van der Waals surface area contributed by atoms with Crippen LogP contribution in [0.5, 0.6) is 0 Å². The molecular weight excluding hydrogens is 364 g/mol. The van der Waals surface area contributed by atoms with E-state index in [4.69, 9.17) is 9.15 Å². The molecule has 3 heterocycles. The van der Waals surface area contributed by atoms with Crippen molar-refractivity contribution >= 4 is 23.6 Å². The molecule has 2 aromatic rings. The summed E-state index contributed by atoms with van der Waals surface area (Å²) < 4.78 is 12.2. The second kappa shape index (κ2) is 8.28. The van der Waals surface area contributed by atoms with Crippen LogP contribution in [-0.4, -0.2) is 45.1 Å². The number of nitrogens with zero attached hydrogens (tertiary/aromatic N) is 3. The van der Waals surface area contributed by atoms with E-state index in [-0.39, 0.29) is 24.9 Å². The number of furan rings is 1. The van der Waals surface area contributed by atoms with Gasteiger partial charge in [0.05, 0.1) is 24.9 Å². The summed E-state index contributed by atoms with van der Waals surface area (Å²) in [6.07, 6.45) is 2.20. The Kier molecular flexibility index (Phi) is 5.81. The molecule has 3 rings (SSSR count). The minimum absolute atomic E-state index is 0.0635. The maximum absolute atomic E-state index is 12.4. The first kappa shape index (κ1) is 19.7. The molecule has 1 aliphatic rings. The molecule has 150 valence electrons. The first-order valence-electron chi connectivity index (χ1n) is 9.20. The highest BCUT2D eigenvalue weighted by atomic mass is 16.5. The number of anilines is 1. The molecule has 0 bridgehead atoms. The molecule has 28 heavy (non-hydrogen) atoms. The normalized spacial score (nSPS) is 17.8. The molecule has 0 spiro atoms. The van der Waals surface area contributed by atoms with Gasteiger partial charge in [0, 0.05) is 25.1 Å². The zero-order valence-corrected chi connectivity index (χ0v) is 16.1. The van der Waals surface area contributed by atoms with Crippen LogP contribution >= 0.6 is 0 Å². The third-order valence-electron chi connectivity index (χ3n) is 4.55. The predicted octanol–water partition coefficient (Wildman–Crippen LogP) is 1.98. The van der Waals surface area contributed by atoms with E-state index < -0.39 is 23.9 Å². The van der Waals surface area contributed by atoms with Crippen molar-refractivity contribution in [3.63, 3.8) is 0 Å². The van der Waals surface area contributed by atoms with Crippen LogP contribution in [0.3, 0.4) is 0 Å². The molecule has 1 fully saturated rings.